The molecule has 33 heavy (non-hydrogen) atoms. The van der Waals surface area contributed by atoms with Gasteiger partial charge >= 0.3 is 6.09 Å². The predicted octanol–water partition coefficient (Wildman–Crippen LogP) is 6.27. The minimum atomic E-state index is -0.970. The number of carbonyl (C=O) groups is 2. The Labute approximate surface area is 199 Å². The summed E-state index contributed by atoms with van der Waals surface area (Å²) in [5, 5.41) is 10.6. The number of rotatable bonds is 16. The number of carbonyl (C=O) groups excluding carboxylic acids is 2. The van der Waals surface area contributed by atoms with E-state index in [0.717, 1.165) is 17.7 Å². The molecule has 1 aromatic carbocycles. The van der Waals surface area contributed by atoms with Crippen molar-refractivity contribution in [2.75, 3.05) is 13.7 Å². The number of cyclic esters (lactones) is 1. The zero-order valence-corrected chi connectivity index (χ0v) is 20.3. The highest BCUT2D eigenvalue weighted by atomic mass is 16.6. The molecule has 0 bridgehead atoms. The van der Waals surface area contributed by atoms with Crippen LogP contribution in [0, 0.1) is 0 Å². The maximum Gasteiger partial charge on any atom is 0.417 e. The molecule has 0 radical (unpaired) electrons. The van der Waals surface area contributed by atoms with Crippen molar-refractivity contribution in [3.8, 4) is 5.75 Å². The third-order valence-corrected chi connectivity index (χ3v) is 6.16. The summed E-state index contributed by atoms with van der Waals surface area (Å²) < 4.78 is 10.3. The molecule has 0 saturated carbocycles. The molecule has 184 valence electrons. The average Bonchev–Trinajstić information content (AvgIpc) is 3.22. The van der Waals surface area contributed by atoms with E-state index >= 15 is 0 Å². The molecule has 1 heterocycles. The van der Waals surface area contributed by atoms with Crippen LogP contribution in [0.25, 0.3) is 0 Å². The van der Waals surface area contributed by atoms with E-state index in [1.165, 1.54) is 71.3 Å². The van der Waals surface area contributed by atoms with Crippen molar-refractivity contribution < 1.29 is 24.2 Å². The van der Waals surface area contributed by atoms with Gasteiger partial charge in [-0.15, -0.1) is 0 Å². The molecule has 2 rings (SSSR count). The fourth-order valence-electron chi connectivity index (χ4n) is 4.16. The Morgan fingerprint density at radius 3 is 2.33 bits per heavy atom. The van der Waals surface area contributed by atoms with E-state index in [1.807, 2.05) is 6.08 Å². The number of amides is 2. The van der Waals surface area contributed by atoms with Crippen LogP contribution in [0.1, 0.15) is 94.3 Å². The SMILES string of the molecule is CCCCCCCCCCCCC/C=C/[C@@H](O)[C@@H]1COC(=O)N1C(=O)c1ccccc1OC. The number of hydrogen-bond donors (Lipinski definition) is 1. The summed E-state index contributed by atoms with van der Waals surface area (Å²) in [7, 11) is 1.47. The molecule has 1 aliphatic rings. The lowest BCUT2D eigenvalue weighted by molar-refractivity contribution is 0.0668. The Balaban J connectivity index is 1.69. The molecule has 2 atom stereocenters. The van der Waals surface area contributed by atoms with E-state index in [4.69, 9.17) is 9.47 Å². The average molecular weight is 460 g/mol. The highest BCUT2D eigenvalue weighted by Crippen LogP contribution is 2.25. The van der Waals surface area contributed by atoms with Gasteiger partial charge in [-0.05, 0) is 25.0 Å². The Hall–Kier alpha value is -2.34. The monoisotopic (exact) mass is 459 g/mol. The number of unbranched alkanes of at least 4 members (excludes halogenated alkanes) is 11. The summed E-state index contributed by atoms with van der Waals surface area (Å²) >= 11 is 0. The molecule has 0 unspecified atom stereocenters. The topological polar surface area (TPSA) is 76.1 Å². The molecule has 1 aromatic rings. The lowest BCUT2D eigenvalue weighted by Crippen LogP contribution is -2.45. The van der Waals surface area contributed by atoms with Crippen molar-refractivity contribution in [1.29, 1.82) is 0 Å². The Kier molecular flexibility index (Phi) is 12.6. The molecule has 6 heteroatoms. The van der Waals surface area contributed by atoms with Gasteiger partial charge < -0.3 is 14.6 Å². The van der Waals surface area contributed by atoms with Crippen LogP contribution in [0.15, 0.2) is 36.4 Å². The number of nitrogens with zero attached hydrogens (tertiary/aromatic N) is 1. The van der Waals surface area contributed by atoms with Gasteiger partial charge in [-0.3, -0.25) is 4.79 Å². The molecular weight excluding hydrogens is 418 g/mol. The van der Waals surface area contributed by atoms with Crippen LogP contribution >= 0.6 is 0 Å². The molecule has 0 spiro atoms. The summed E-state index contributed by atoms with van der Waals surface area (Å²) in [4.78, 5) is 26.1. The van der Waals surface area contributed by atoms with Crippen LogP contribution < -0.4 is 4.74 Å². The van der Waals surface area contributed by atoms with E-state index in [-0.39, 0.29) is 12.2 Å². The zero-order chi connectivity index (χ0) is 23.9. The highest BCUT2D eigenvalue weighted by Gasteiger charge is 2.42. The van der Waals surface area contributed by atoms with Crippen LogP contribution in [0.5, 0.6) is 5.75 Å². The van der Waals surface area contributed by atoms with E-state index in [9.17, 15) is 14.7 Å². The van der Waals surface area contributed by atoms with Crippen LogP contribution in [-0.2, 0) is 4.74 Å². The number of benzene rings is 1. The first-order valence-corrected chi connectivity index (χ1v) is 12.6. The minimum absolute atomic E-state index is 0.0241. The number of ether oxygens (including phenoxy) is 2. The van der Waals surface area contributed by atoms with Gasteiger partial charge in [0.1, 0.15) is 18.4 Å². The van der Waals surface area contributed by atoms with Crippen molar-refractivity contribution >= 4 is 12.0 Å². The summed E-state index contributed by atoms with van der Waals surface area (Å²) in [6.45, 7) is 2.23. The maximum absolute atomic E-state index is 13.0. The standard InChI is InChI=1S/C27H41NO5/c1-3-4-5-6-7-8-9-10-11-12-13-14-15-19-24(29)23-21-33-27(31)28(23)26(30)22-18-16-17-20-25(22)32-2/h15-20,23-24,29H,3-14,21H2,1-2H3/b19-15+/t23-,24+/m0/s1. The molecule has 1 N–H and O–H groups in total. The number of aliphatic hydroxyl groups excluding tert-OH is 1. The van der Waals surface area contributed by atoms with Gasteiger partial charge in [-0.1, -0.05) is 95.4 Å². The highest BCUT2D eigenvalue weighted by molar-refractivity contribution is 6.05. The van der Waals surface area contributed by atoms with Gasteiger partial charge in [-0.25, -0.2) is 9.69 Å². The largest absolute Gasteiger partial charge is 0.496 e. The Morgan fingerprint density at radius 1 is 1.09 bits per heavy atom. The number of allylic oxidation sites excluding steroid dienone is 1. The number of aliphatic hydroxyl groups is 1. The molecule has 1 fully saturated rings. The van der Waals surface area contributed by atoms with Crippen molar-refractivity contribution in [2.24, 2.45) is 0 Å². The summed E-state index contributed by atoms with van der Waals surface area (Å²) in [6, 6.07) is 5.97. The Morgan fingerprint density at radius 2 is 1.70 bits per heavy atom. The van der Waals surface area contributed by atoms with Gasteiger partial charge in [0.15, 0.2) is 0 Å². The fraction of sp³-hybridized carbons (Fsp3) is 0.630. The zero-order valence-electron chi connectivity index (χ0n) is 20.3. The molecule has 1 saturated heterocycles. The first-order chi connectivity index (χ1) is 16.1. The van der Waals surface area contributed by atoms with Crippen LogP contribution in [0.3, 0.4) is 0 Å². The second kappa shape index (κ2) is 15.5. The first-order valence-electron chi connectivity index (χ1n) is 12.6. The second-order valence-corrected chi connectivity index (χ2v) is 8.76. The van der Waals surface area contributed by atoms with Gasteiger partial charge in [0.25, 0.3) is 5.91 Å². The number of imide groups is 1. The van der Waals surface area contributed by atoms with Gasteiger partial charge in [-0.2, -0.15) is 0 Å². The quantitative estimate of drug-likeness (QED) is 0.233. The van der Waals surface area contributed by atoms with E-state index in [2.05, 4.69) is 6.92 Å². The van der Waals surface area contributed by atoms with Crippen LogP contribution in [0.4, 0.5) is 4.79 Å². The smallest absolute Gasteiger partial charge is 0.417 e. The van der Waals surface area contributed by atoms with Crippen molar-refractivity contribution in [3.63, 3.8) is 0 Å². The lowest BCUT2D eigenvalue weighted by Gasteiger charge is -2.23. The molecule has 1 aliphatic heterocycles. The molecule has 6 nitrogen and oxygen atoms in total. The second-order valence-electron chi connectivity index (χ2n) is 8.76. The number of para-hydroxylation sites is 1. The normalized spacial score (nSPS) is 16.9. The summed E-state index contributed by atoms with van der Waals surface area (Å²) in [6.07, 6.45) is 17.0. The minimum Gasteiger partial charge on any atom is -0.496 e. The summed E-state index contributed by atoms with van der Waals surface area (Å²) in [5.74, 6) is -0.153. The van der Waals surface area contributed by atoms with Crippen LogP contribution in [0.2, 0.25) is 0 Å². The third-order valence-electron chi connectivity index (χ3n) is 6.16. The first kappa shape index (κ1) is 26.9. The summed E-state index contributed by atoms with van der Waals surface area (Å²) in [5.41, 5.74) is 0.265. The molecule has 2 amide bonds. The van der Waals surface area contributed by atoms with Crippen molar-refractivity contribution in [1.82, 2.24) is 4.90 Å². The van der Waals surface area contributed by atoms with E-state index < -0.39 is 24.1 Å². The van der Waals surface area contributed by atoms with E-state index in [0.29, 0.717) is 5.75 Å². The molecule has 0 aromatic heterocycles. The van der Waals surface area contributed by atoms with Gasteiger partial charge in [0.2, 0.25) is 0 Å². The molecule has 0 aliphatic carbocycles. The number of methoxy groups -OCH3 is 1. The Bertz CT molecular complexity index is 748. The van der Waals surface area contributed by atoms with E-state index in [1.54, 1.807) is 30.3 Å². The van der Waals surface area contributed by atoms with Gasteiger partial charge in [0.05, 0.1) is 18.8 Å². The van der Waals surface area contributed by atoms with Crippen molar-refractivity contribution in [2.45, 2.75) is 96.1 Å². The molecular formula is C27H41NO5. The number of hydrogen-bond acceptors (Lipinski definition) is 5. The fourth-order valence-corrected chi connectivity index (χ4v) is 4.16. The van der Waals surface area contributed by atoms with Crippen molar-refractivity contribution in [3.05, 3.63) is 42.0 Å². The predicted molar refractivity (Wildman–Crippen MR) is 131 cm³/mol. The van der Waals surface area contributed by atoms with Gasteiger partial charge in [0, 0.05) is 0 Å². The maximum atomic E-state index is 13.0. The third kappa shape index (κ3) is 8.84. The lowest BCUT2D eigenvalue weighted by atomic mass is 10.0. The van der Waals surface area contributed by atoms with Crippen LogP contribution in [-0.4, -0.2) is 47.9 Å².